The normalized spacial score (nSPS) is 26.1. The lowest BCUT2D eigenvalue weighted by molar-refractivity contribution is 0.00446. The number of halogens is 2. The number of aryl methyl sites for hydroxylation is 1. The number of fused-ring (bicyclic) bond motifs is 1. The molecule has 0 spiro atoms. The summed E-state index contributed by atoms with van der Waals surface area (Å²) >= 11 is 1.48. The van der Waals surface area contributed by atoms with Crippen molar-refractivity contribution in [1.29, 1.82) is 0 Å². The van der Waals surface area contributed by atoms with Crippen LogP contribution in [0, 0.1) is 30.4 Å². The summed E-state index contributed by atoms with van der Waals surface area (Å²) in [5, 5.41) is 37.9. The van der Waals surface area contributed by atoms with Crippen LogP contribution in [0.1, 0.15) is 36.4 Å². The van der Waals surface area contributed by atoms with Crippen molar-refractivity contribution in [2.24, 2.45) is 11.8 Å². The third kappa shape index (κ3) is 5.24. The number of nitrogens with one attached hydrogen (secondary N) is 2. The van der Waals surface area contributed by atoms with Gasteiger partial charge >= 0.3 is 0 Å². The first-order chi connectivity index (χ1) is 19.3. The molecule has 12 heteroatoms. The number of hydrogen-bond donors (Lipinski definition) is 5. The van der Waals surface area contributed by atoms with Gasteiger partial charge in [0.1, 0.15) is 34.1 Å². The van der Waals surface area contributed by atoms with Crippen LogP contribution in [0.2, 0.25) is 0 Å². The minimum Gasteiger partial charge on any atom is -0.396 e. The van der Waals surface area contributed by atoms with Gasteiger partial charge in [-0.3, -0.25) is 4.98 Å². The molecule has 1 aromatic carbocycles. The van der Waals surface area contributed by atoms with E-state index in [4.69, 9.17) is 9.97 Å². The first kappa shape index (κ1) is 26.9. The van der Waals surface area contributed by atoms with Gasteiger partial charge in [-0.05, 0) is 61.8 Å². The minimum atomic E-state index is -1.07. The Morgan fingerprint density at radius 1 is 1.02 bits per heavy atom. The molecule has 3 aromatic heterocycles. The van der Waals surface area contributed by atoms with Crippen molar-refractivity contribution < 1.29 is 24.1 Å². The molecular formula is C28H30F2N6O3S. The summed E-state index contributed by atoms with van der Waals surface area (Å²) in [5.41, 5.74) is 2.81. The second kappa shape index (κ2) is 10.9. The smallest absolute Gasteiger partial charge is 0.224 e. The quantitative estimate of drug-likeness (QED) is 0.215. The van der Waals surface area contributed by atoms with Crippen molar-refractivity contribution in [3.05, 3.63) is 59.6 Å². The molecule has 0 amide bonds. The summed E-state index contributed by atoms with van der Waals surface area (Å²) in [4.78, 5) is 18.3. The summed E-state index contributed by atoms with van der Waals surface area (Å²) in [5.74, 6) is -0.279. The van der Waals surface area contributed by atoms with Gasteiger partial charge in [-0.2, -0.15) is 4.98 Å². The number of thiazole rings is 1. The molecule has 5 N–H and O–H groups in total. The van der Waals surface area contributed by atoms with E-state index in [1.165, 1.54) is 23.5 Å². The monoisotopic (exact) mass is 568 g/mol. The summed E-state index contributed by atoms with van der Waals surface area (Å²) in [6.45, 7) is 2.23. The zero-order valence-corrected chi connectivity index (χ0v) is 22.6. The third-order valence-corrected chi connectivity index (χ3v) is 9.05. The Labute approximate surface area is 233 Å². The van der Waals surface area contributed by atoms with Gasteiger partial charge in [0.2, 0.25) is 5.95 Å². The van der Waals surface area contributed by atoms with Gasteiger partial charge in [-0.15, -0.1) is 11.3 Å². The van der Waals surface area contributed by atoms with Crippen LogP contribution in [0.25, 0.3) is 20.8 Å². The molecule has 3 heterocycles. The second-order valence-electron chi connectivity index (χ2n) is 10.7. The Balaban J connectivity index is 1.23. The maximum atomic E-state index is 13.6. The van der Waals surface area contributed by atoms with Crippen molar-refractivity contribution in [3.63, 3.8) is 0 Å². The lowest BCUT2D eigenvalue weighted by atomic mass is 9.71. The van der Waals surface area contributed by atoms with Crippen molar-refractivity contribution in [2.75, 3.05) is 23.8 Å². The maximum absolute atomic E-state index is 13.6. The molecule has 2 fully saturated rings. The van der Waals surface area contributed by atoms with Crippen molar-refractivity contribution in [3.8, 4) is 10.6 Å². The molecule has 2 aliphatic carbocycles. The van der Waals surface area contributed by atoms with E-state index >= 15 is 0 Å². The number of hydrogen-bond acceptors (Lipinski definition) is 10. The number of rotatable bonds is 8. The number of pyridine rings is 1. The molecule has 40 heavy (non-hydrogen) atoms. The standard InChI is InChI=1S/C28H30F2N6O3S/c1-13-23(27-35-21-11-31-3-2-22(21)40-27)26(34-20-8-17(12-37)24(38)25(20)39)36-28(33-13)32-10-14-4-15(5-14)16-6-18(29)9-19(30)7-16/h2-3,6-7,9,11,14-15,17,20,24-25,37-39H,4-5,8,10,12H2,1H3,(H2,32,33,34,36)/t14?,15?,17-,20-,24-,25+/m1/s1. The lowest BCUT2D eigenvalue weighted by Gasteiger charge is -2.36. The maximum Gasteiger partial charge on any atom is 0.224 e. The SMILES string of the molecule is Cc1nc(NCC2CC(c3cc(F)cc(F)c3)C2)nc(N[C@@H]2C[C@H](CO)[C@@H](O)[C@H]2O)c1-c1nc2cnccc2s1. The molecule has 9 nitrogen and oxygen atoms in total. The average Bonchev–Trinajstić information content (AvgIpc) is 3.43. The Kier molecular flexibility index (Phi) is 7.34. The zero-order valence-electron chi connectivity index (χ0n) is 21.8. The van der Waals surface area contributed by atoms with E-state index in [2.05, 4.69) is 20.6 Å². The molecular weight excluding hydrogens is 538 g/mol. The van der Waals surface area contributed by atoms with Crippen LogP contribution in [0.4, 0.5) is 20.5 Å². The van der Waals surface area contributed by atoms with Crippen LogP contribution in [-0.4, -0.2) is 66.7 Å². The van der Waals surface area contributed by atoms with E-state index in [1.807, 2.05) is 13.0 Å². The highest BCUT2D eigenvalue weighted by Gasteiger charge is 2.41. The minimum absolute atomic E-state index is 0.113. The van der Waals surface area contributed by atoms with Crippen LogP contribution >= 0.6 is 11.3 Å². The highest BCUT2D eigenvalue weighted by molar-refractivity contribution is 7.21. The van der Waals surface area contributed by atoms with Gasteiger partial charge in [-0.25, -0.2) is 18.7 Å². The van der Waals surface area contributed by atoms with E-state index in [0.717, 1.165) is 29.1 Å². The van der Waals surface area contributed by atoms with Crippen LogP contribution in [-0.2, 0) is 0 Å². The molecule has 0 radical (unpaired) electrons. The molecule has 2 aliphatic rings. The summed E-state index contributed by atoms with van der Waals surface area (Å²) < 4.78 is 28.2. The molecule has 210 valence electrons. The van der Waals surface area contributed by atoms with Gasteiger partial charge in [0, 0.05) is 31.3 Å². The van der Waals surface area contributed by atoms with Crippen LogP contribution in [0.5, 0.6) is 0 Å². The number of benzene rings is 1. The zero-order chi connectivity index (χ0) is 28.0. The van der Waals surface area contributed by atoms with Crippen molar-refractivity contribution in [2.45, 2.75) is 50.4 Å². The number of aliphatic hydroxyl groups is 3. The molecule has 0 aliphatic heterocycles. The van der Waals surface area contributed by atoms with E-state index in [9.17, 15) is 24.1 Å². The number of aliphatic hydroxyl groups excluding tert-OH is 3. The summed E-state index contributed by atoms with van der Waals surface area (Å²) in [7, 11) is 0. The average molecular weight is 569 g/mol. The van der Waals surface area contributed by atoms with Crippen LogP contribution < -0.4 is 10.6 Å². The van der Waals surface area contributed by atoms with E-state index < -0.39 is 35.8 Å². The van der Waals surface area contributed by atoms with Crippen molar-refractivity contribution >= 4 is 33.3 Å². The van der Waals surface area contributed by atoms with Gasteiger partial charge in [-0.1, -0.05) is 0 Å². The predicted octanol–water partition coefficient (Wildman–Crippen LogP) is 3.86. The van der Waals surface area contributed by atoms with E-state index in [0.29, 0.717) is 52.5 Å². The molecule has 6 rings (SSSR count). The first-order valence-electron chi connectivity index (χ1n) is 13.3. The third-order valence-electron chi connectivity index (χ3n) is 7.99. The molecule has 2 saturated carbocycles. The fourth-order valence-corrected chi connectivity index (χ4v) is 6.78. The highest BCUT2D eigenvalue weighted by atomic mass is 32.1. The molecule has 4 atom stereocenters. The molecule has 0 saturated heterocycles. The second-order valence-corrected chi connectivity index (χ2v) is 11.8. The van der Waals surface area contributed by atoms with E-state index in [1.54, 1.807) is 12.4 Å². The molecule has 0 bridgehead atoms. The Morgan fingerprint density at radius 2 is 1.80 bits per heavy atom. The number of anilines is 2. The summed E-state index contributed by atoms with van der Waals surface area (Å²) in [6.07, 6.45) is 3.26. The summed E-state index contributed by atoms with van der Waals surface area (Å²) in [6, 6.07) is 5.05. The van der Waals surface area contributed by atoms with Gasteiger partial charge in [0.15, 0.2) is 0 Å². The largest absolute Gasteiger partial charge is 0.396 e. The van der Waals surface area contributed by atoms with Gasteiger partial charge in [0.05, 0.1) is 34.3 Å². The Morgan fingerprint density at radius 3 is 2.50 bits per heavy atom. The highest BCUT2D eigenvalue weighted by Crippen LogP contribution is 2.42. The van der Waals surface area contributed by atoms with Crippen LogP contribution in [0.3, 0.4) is 0 Å². The number of nitrogens with zero attached hydrogens (tertiary/aromatic N) is 4. The Bertz CT molecular complexity index is 1480. The van der Waals surface area contributed by atoms with Gasteiger partial charge < -0.3 is 26.0 Å². The van der Waals surface area contributed by atoms with Crippen molar-refractivity contribution in [1.82, 2.24) is 19.9 Å². The molecule has 0 unspecified atom stereocenters. The topological polar surface area (TPSA) is 136 Å². The molecule has 4 aromatic rings. The van der Waals surface area contributed by atoms with Gasteiger partial charge in [0.25, 0.3) is 0 Å². The fourth-order valence-electron chi connectivity index (χ4n) is 5.74. The number of aromatic nitrogens is 4. The fraction of sp³-hybridized carbons (Fsp3) is 0.429. The van der Waals surface area contributed by atoms with Crippen LogP contribution in [0.15, 0.2) is 36.7 Å². The first-order valence-corrected chi connectivity index (χ1v) is 14.1. The Hall–Kier alpha value is -3.32. The lowest BCUT2D eigenvalue weighted by Crippen LogP contribution is -2.36. The predicted molar refractivity (Wildman–Crippen MR) is 148 cm³/mol. The van der Waals surface area contributed by atoms with E-state index in [-0.39, 0.29) is 12.5 Å².